The molecule has 0 saturated heterocycles. The first-order valence-corrected chi connectivity index (χ1v) is 4.80. The van der Waals surface area contributed by atoms with Gasteiger partial charge in [0.05, 0.1) is 6.04 Å². The van der Waals surface area contributed by atoms with Gasteiger partial charge in [-0.05, 0) is 13.0 Å². The molecule has 0 spiro atoms. The second kappa shape index (κ2) is 7.03. The first kappa shape index (κ1) is 14.7. The summed E-state index contributed by atoms with van der Waals surface area (Å²) in [4.78, 5) is 0. The fraction of sp³-hybridized carbons (Fsp3) is 1.00. The molecule has 0 aromatic rings. The van der Waals surface area contributed by atoms with Crippen molar-refractivity contribution in [3.8, 4) is 0 Å². The number of halogens is 3. The zero-order valence-corrected chi connectivity index (χ0v) is 9.23. The first-order chi connectivity index (χ1) is 6.94. The van der Waals surface area contributed by atoms with E-state index >= 15 is 0 Å². The van der Waals surface area contributed by atoms with Crippen LogP contribution in [0.1, 0.15) is 19.8 Å². The Morgan fingerprint density at radius 2 is 1.73 bits per heavy atom. The van der Waals surface area contributed by atoms with Crippen LogP contribution in [-0.2, 0) is 9.47 Å². The Kier molecular flexibility index (Phi) is 6.87. The maximum atomic E-state index is 12.0. The monoisotopic (exact) mass is 229 g/mol. The van der Waals surface area contributed by atoms with Gasteiger partial charge in [0, 0.05) is 20.6 Å². The van der Waals surface area contributed by atoms with E-state index in [1.165, 1.54) is 14.2 Å². The summed E-state index contributed by atoms with van der Waals surface area (Å²) < 4.78 is 45.9. The van der Waals surface area contributed by atoms with Crippen molar-refractivity contribution < 1.29 is 22.6 Å². The Morgan fingerprint density at radius 1 is 1.20 bits per heavy atom. The van der Waals surface area contributed by atoms with Crippen LogP contribution in [0.3, 0.4) is 0 Å². The number of likely N-dealkylation sites (N-methyl/N-ethyl adjacent to an activating group) is 1. The number of rotatable bonds is 7. The smallest absolute Gasteiger partial charge is 0.354 e. The van der Waals surface area contributed by atoms with Crippen molar-refractivity contribution >= 4 is 0 Å². The van der Waals surface area contributed by atoms with Crippen LogP contribution in [0.4, 0.5) is 13.2 Å². The van der Waals surface area contributed by atoms with Gasteiger partial charge in [0.2, 0.25) is 0 Å². The standard InChI is InChI=1S/C9H18F3NO2/c1-4-13-7(8(14-2)15-3)5-6-9(10,11)12/h7-8,13H,4-6H2,1-3H3. The van der Waals surface area contributed by atoms with Crippen molar-refractivity contribution in [2.24, 2.45) is 0 Å². The molecule has 0 bridgehead atoms. The summed E-state index contributed by atoms with van der Waals surface area (Å²) in [5, 5.41) is 2.91. The van der Waals surface area contributed by atoms with Crippen molar-refractivity contribution in [3.63, 3.8) is 0 Å². The Morgan fingerprint density at radius 3 is 2.07 bits per heavy atom. The van der Waals surface area contributed by atoms with Crippen molar-refractivity contribution in [2.45, 2.75) is 38.3 Å². The van der Waals surface area contributed by atoms with Gasteiger partial charge in [0.25, 0.3) is 0 Å². The third-order valence-corrected chi connectivity index (χ3v) is 2.00. The number of hydrogen-bond donors (Lipinski definition) is 1. The summed E-state index contributed by atoms with van der Waals surface area (Å²) in [6, 6.07) is -0.438. The Hall–Kier alpha value is -0.330. The quantitative estimate of drug-likeness (QED) is 0.677. The molecule has 0 aliphatic rings. The lowest BCUT2D eigenvalue weighted by atomic mass is 10.1. The third-order valence-electron chi connectivity index (χ3n) is 2.00. The van der Waals surface area contributed by atoms with E-state index in [2.05, 4.69) is 5.32 Å². The molecule has 92 valence electrons. The van der Waals surface area contributed by atoms with E-state index in [1.807, 2.05) is 6.92 Å². The SMILES string of the molecule is CCNC(CCC(F)(F)F)C(OC)OC. The van der Waals surface area contributed by atoms with Gasteiger partial charge in [-0.1, -0.05) is 6.92 Å². The largest absolute Gasteiger partial charge is 0.389 e. The van der Waals surface area contributed by atoms with E-state index in [9.17, 15) is 13.2 Å². The number of methoxy groups -OCH3 is 2. The second-order valence-electron chi connectivity index (χ2n) is 3.16. The van der Waals surface area contributed by atoms with Gasteiger partial charge in [-0.15, -0.1) is 0 Å². The lowest BCUT2D eigenvalue weighted by molar-refractivity contribution is -0.152. The van der Waals surface area contributed by atoms with Gasteiger partial charge in [-0.25, -0.2) is 0 Å². The molecule has 3 nitrogen and oxygen atoms in total. The molecule has 6 heteroatoms. The number of nitrogens with one attached hydrogen (secondary N) is 1. The van der Waals surface area contributed by atoms with E-state index in [1.54, 1.807) is 0 Å². The Bertz CT molecular complexity index is 160. The van der Waals surface area contributed by atoms with Crippen LogP contribution in [-0.4, -0.2) is 39.3 Å². The predicted molar refractivity (Wildman–Crippen MR) is 50.6 cm³/mol. The normalized spacial score (nSPS) is 14.6. The van der Waals surface area contributed by atoms with Crippen LogP contribution < -0.4 is 5.32 Å². The molecule has 0 heterocycles. The molecule has 0 aliphatic carbocycles. The molecule has 1 N–H and O–H groups in total. The molecule has 0 rings (SSSR count). The summed E-state index contributed by atoms with van der Waals surface area (Å²) in [5.74, 6) is 0. The third kappa shape index (κ3) is 6.70. The predicted octanol–water partition coefficient (Wildman–Crippen LogP) is 1.93. The fourth-order valence-corrected chi connectivity index (χ4v) is 1.34. The van der Waals surface area contributed by atoms with Gasteiger partial charge < -0.3 is 14.8 Å². The minimum Gasteiger partial charge on any atom is -0.354 e. The first-order valence-electron chi connectivity index (χ1n) is 4.80. The van der Waals surface area contributed by atoms with Crippen molar-refractivity contribution in [3.05, 3.63) is 0 Å². The summed E-state index contributed by atoms with van der Waals surface area (Å²) >= 11 is 0. The minimum absolute atomic E-state index is 0.0519. The van der Waals surface area contributed by atoms with E-state index in [0.717, 1.165) is 0 Å². The lowest BCUT2D eigenvalue weighted by Gasteiger charge is -2.25. The van der Waals surface area contributed by atoms with Gasteiger partial charge in [-0.3, -0.25) is 0 Å². The Balaban J connectivity index is 4.13. The Labute approximate surface area is 87.9 Å². The van der Waals surface area contributed by atoms with E-state index < -0.39 is 24.9 Å². The molecule has 0 amide bonds. The topological polar surface area (TPSA) is 30.5 Å². The highest BCUT2D eigenvalue weighted by atomic mass is 19.4. The maximum Gasteiger partial charge on any atom is 0.389 e. The number of ether oxygens (including phenoxy) is 2. The summed E-state index contributed by atoms with van der Waals surface area (Å²) in [7, 11) is 2.82. The van der Waals surface area contributed by atoms with Crippen molar-refractivity contribution in [1.29, 1.82) is 0 Å². The highest BCUT2D eigenvalue weighted by Crippen LogP contribution is 2.23. The second-order valence-corrected chi connectivity index (χ2v) is 3.16. The zero-order valence-electron chi connectivity index (χ0n) is 9.23. The van der Waals surface area contributed by atoms with Gasteiger partial charge in [-0.2, -0.15) is 13.2 Å². The van der Waals surface area contributed by atoms with Gasteiger partial charge >= 0.3 is 6.18 Å². The van der Waals surface area contributed by atoms with Crippen LogP contribution in [0.25, 0.3) is 0 Å². The molecular formula is C9H18F3NO2. The highest BCUT2D eigenvalue weighted by Gasteiger charge is 2.30. The van der Waals surface area contributed by atoms with Crippen molar-refractivity contribution in [1.82, 2.24) is 5.32 Å². The maximum absolute atomic E-state index is 12.0. The molecular weight excluding hydrogens is 211 g/mol. The molecule has 0 saturated carbocycles. The summed E-state index contributed by atoms with van der Waals surface area (Å²) in [5.41, 5.74) is 0. The van der Waals surface area contributed by atoms with Crippen LogP contribution in [0.2, 0.25) is 0 Å². The van der Waals surface area contributed by atoms with Gasteiger partial charge in [0.1, 0.15) is 0 Å². The molecule has 0 aromatic heterocycles. The molecule has 15 heavy (non-hydrogen) atoms. The fourth-order valence-electron chi connectivity index (χ4n) is 1.34. The molecule has 1 atom stereocenters. The average molecular weight is 229 g/mol. The van der Waals surface area contributed by atoms with Crippen LogP contribution >= 0.6 is 0 Å². The molecule has 0 aliphatic heterocycles. The van der Waals surface area contributed by atoms with Crippen molar-refractivity contribution in [2.75, 3.05) is 20.8 Å². The summed E-state index contributed by atoms with van der Waals surface area (Å²) in [6.45, 7) is 2.40. The lowest BCUT2D eigenvalue weighted by Crippen LogP contribution is -2.42. The van der Waals surface area contributed by atoms with Crippen LogP contribution in [0.5, 0.6) is 0 Å². The molecule has 0 aromatic carbocycles. The van der Waals surface area contributed by atoms with Crippen LogP contribution in [0.15, 0.2) is 0 Å². The highest BCUT2D eigenvalue weighted by molar-refractivity contribution is 4.71. The van der Waals surface area contributed by atoms with E-state index in [0.29, 0.717) is 6.54 Å². The minimum atomic E-state index is -4.14. The number of hydrogen-bond acceptors (Lipinski definition) is 3. The number of alkyl halides is 3. The van der Waals surface area contributed by atoms with Gasteiger partial charge in [0.15, 0.2) is 6.29 Å². The molecule has 0 radical (unpaired) electrons. The molecule has 0 fully saturated rings. The zero-order chi connectivity index (χ0) is 11.9. The average Bonchev–Trinajstić information content (AvgIpc) is 2.14. The summed E-state index contributed by atoms with van der Waals surface area (Å²) in [6.07, 6.45) is -5.68. The van der Waals surface area contributed by atoms with Crippen LogP contribution in [0, 0.1) is 0 Å². The molecule has 1 unspecified atom stereocenters. The van der Waals surface area contributed by atoms with E-state index in [4.69, 9.17) is 9.47 Å². The van der Waals surface area contributed by atoms with E-state index in [-0.39, 0.29) is 6.42 Å².